The van der Waals surface area contributed by atoms with E-state index in [1.165, 1.54) is 0 Å². The summed E-state index contributed by atoms with van der Waals surface area (Å²) < 4.78 is 0.0909. The van der Waals surface area contributed by atoms with E-state index in [1.54, 1.807) is 11.8 Å². The Morgan fingerprint density at radius 3 is 2.48 bits per heavy atom. The van der Waals surface area contributed by atoms with Crippen LogP contribution in [-0.4, -0.2) is 28.1 Å². The van der Waals surface area contributed by atoms with E-state index in [2.05, 4.69) is 37.9 Å². The van der Waals surface area contributed by atoms with Crippen molar-refractivity contribution < 1.29 is 9.90 Å². The highest BCUT2D eigenvalue weighted by atomic mass is 32.2. The Morgan fingerprint density at radius 2 is 1.95 bits per heavy atom. The lowest BCUT2D eigenvalue weighted by molar-refractivity contribution is -0.119. The van der Waals surface area contributed by atoms with E-state index in [0.717, 1.165) is 11.1 Å². The Hall–Kier alpha value is -1.44. The van der Waals surface area contributed by atoms with Crippen LogP contribution < -0.4 is 5.32 Å². The normalized spacial score (nSPS) is 12.2. The second kappa shape index (κ2) is 8.11. The van der Waals surface area contributed by atoms with Crippen molar-refractivity contribution in [2.45, 2.75) is 38.5 Å². The molecule has 3 nitrogen and oxygen atoms in total. The second-order valence-corrected chi connectivity index (χ2v) is 7.57. The van der Waals surface area contributed by atoms with Gasteiger partial charge in [-0.1, -0.05) is 44.7 Å². The average Bonchev–Trinajstić information content (AvgIpc) is 2.42. The maximum absolute atomic E-state index is 11.9. The third-order valence-corrected chi connectivity index (χ3v) is 4.01. The van der Waals surface area contributed by atoms with Gasteiger partial charge in [-0.2, -0.15) is 0 Å². The molecule has 0 saturated carbocycles. The van der Waals surface area contributed by atoms with Crippen LogP contribution in [0.1, 0.15) is 44.9 Å². The minimum Gasteiger partial charge on any atom is -0.384 e. The Labute approximate surface area is 131 Å². The first-order valence-electron chi connectivity index (χ1n) is 6.95. The van der Waals surface area contributed by atoms with Gasteiger partial charge in [0.15, 0.2) is 0 Å². The number of rotatable bonds is 4. The molecule has 4 heteroatoms. The Morgan fingerprint density at radius 1 is 1.33 bits per heavy atom. The van der Waals surface area contributed by atoms with Crippen LogP contribution in [0.15, 0.2) is 24.3 Å². The number of carbonyl (C=O) groups excluding carboxylic acids is 1. The number of benzene rings is 1. The van der Waals surface area contributed by atoms with Crippen molar-refractivity contribution in [2.75, 3.05) is 12.4 Å². The van der Waals surface area contributed by atoms with Gasteiger partial charge in [-0.3, -0.25) is 4.79 Å². The van der Waals surface area contributed by atoms with Crippen LogP contribution in [0.4, 0.5) is 0 Å². The number of amides is 1. The predicted molar refractivity (Wildman–Crippen MR) is 89.2 cm³/mol. The zero-order valence-electron chi connectivity index (χ0n) is 13.1. The molecule has 0 fully saturated rings. The van der Waals surface area contributed by atoms with E-state index >= 15 is 0 Å². The van der Waals surface area contributed by atoms with Crippen LogP contribution in [0.2, 0.25) is 0 Å². The van der Waals surface area contributed by atoms with E-state index < -0.39 is 0 Å². The van der Waals surface area contributed by atoms with Gasteiger partial charge in [-0.05, 0) is 24.6 Å². The Balaban J connectivity index is 2.55. The summed E-state index contributed by atoms with van der Waals surface area (Å²) in [6.07, 6.45) is 0. The zero-order valence-corrected chi connectivity index (χ0v) is 13.9. The molecular formula is C17H23NO2S. The quantitative estimate of drug-likeness (QED) is 0.841. The van der Waals surface area contributed by atoms with E-state index in [1.807, 2.05) is 31.2 Å². The van der Waals surface area contributed by atoms with Gasteiger partial charge in [0.05, 0.1) is 11.8 Å². The van der Waals surface area contributed by atoms with E-state index in [0.29, 0.717) is 5.75 Å². The van der Waals surface area contributed by atoms with E-state index in [-0.39, 0.29) is 23.3 Å². The molecule has 0 saturated heterocycles. The molecule has 0 bridgehead atoms. The molecule has 1 amide bonds. The number of aliphatic hydroxyl groups excluding tert-OH is 1. The molecule has 21 heavy (non-hydrogen) atoms. The van der Waals surface area contributed by atoms with Crippen molar-refractivity contribution in [3.05, 3.63) is 35.4 Å². The zero-order chi connectivity index (χ0) is 15.9. The predicted octanol–water partition coefficient (Wildman–Crippen LogP) is 2.74. The van der Waals surface area contributed by atoms with E-state index in [4.69, 9.17) is 5.11 Å². The molecule has 0 aliphatic rings. The first kappa shape index (κ1) is 17.6. The first-order valence-corrected chi connectivity index (χ1v) is 7.93. The minimum absolute atomic E-state index is 0.0297. The first-order chi connectivity index (χ1) is 9.81. The lowest BCUT2D eigenvalue weighted by atomic mass is 10.1. The van der Waals surface area contributed by atoms with E-state index in [9.17, 15) is 4.79 Å². The van der Waals surface area contributed by atoms with Crippen molar-refractivity contribution in [1.82, 2.24) is 5.32 Å². The molecule has 1 atom stereocenters. The van der Waals surface area contributed by atoms with Crippen molar-refractivity contribution in [3.63, 3.8) is 0 Å². The molecule has 0 heterocycles. The highest BCUT2D eigenvalue weighted by Gasteiger charge is 2.15. The molecule has 1 aromatic carbocycles. The molecule has 0 aromatic heterocycles. The highest BCUT2D eigenvalue weighted by molar-refractivity contribution is 8.01. The van der Waals surface area contributed by atoms with Gasteiger partial charge >= 0.3 is 0 Å². The fourth-order valence-electron chi connectivity index (χ4n) is 1.65. The van der Waals surface area contributed by atoms with Crippen LogP contribution in [0.3, 0.4) is 0 Å². The number of nitrogens with one attached hydrogen (secondary N) is 1. The van der Waals surface area contributed by atoms with Crippen LogP contribution in [0.25, 0.3) is 0 Å². The lowest BCUT2D eigenvalue weighted by Gasteiger charge is -2.19. The summed E-state index contributed by atoms with van der Waals surface area (Å²) in [7, 11) is 0. The summed E-state index contributed by atoms with van der Waals surface area (Å²) in [5, 5.41) is 11.6. The topological polar surface area (TPSA) is 49.3 Å². The minimum atomic E-state index is -0.139. The lowest BCUT2D eigenvalue weighted by Crippen LogP contribution is -2.29. The van der Waals surface area contributed by atoms with Crippen molar-refractivity contribution >= 4 is 17.7 Å². The largest absolute Gasteiger partial charge is 0.384 e. The van der Waals surface area contributed by atoms with Gasteiger partial charge in [-0.15, -0.1) is 11.8 Å². The van der Waals surface area contributed by atoms with Gasteiger partial charge in [0, 0.05) is 10.3 Å². The average molecular weight is 305 g/mol. The standard InChI is InChI=1S/C17H23NO2S/c1-13(18-16(20)12-21-17(2,3)4)15-9-7-14(8-10-15)6-5-11-19/h7-10,13,19H,11-12H2,1-4H3,(H,18,20). The van der Waals surface area contributed by atoms with Crippen LogP contribution in [0, 0.1) is 11.8 Å². The summed E-state index contributed by atoms with van der Waals surface area (Å²) in [4.78, 5) is 11.9. The van der Waals surface area contributed by atoms with Crippen molar-refractivity contribution in [3.8, 4) is 11.8 Å². The maximum atomic E-state index is 11.9. The number of thioether (sulfide) groups is 1. The molecular weight excluding hydrogens is 282 g/mol. The maximum Gasteiger partial charge on any atom is 0.230 e. The number of aliphatic hydroxyl groups is 1. The van der Waals surface area contributed by atoms with Crippen molar-refractivity contribution in [1.29, 1.82) is 0 Å². The van der Waals surface area contributed by atoms with Gasteiger partial charge in [0.2, 0.25) is 5.91 Å². The fraction of sp³-hybridized carbons (Fsp3) is 0.471. The van der Waals surface area contributed by atoms with Crippen LogP contribution in [0.5, 0.6) is 0 Å². The third-order valence-electron chi connectivity index (χ3n) is 2.74. The van der Waals surface area contributed by atoms with Gasteiger partial charge in [0.25, 0.3) is 0 Å². The SMILES string of the molecule is CC(NC(=O)CSC(C)(C)C)c1ccc(C#CCO)cc1. The number of carbonyl (C=O) groups is 1. The van der Waals surface area contributed by atoms with Gasteiger partial charge < -0.3 is 10.4 Å². The fourth-order valence-corrected chi connectivity index (χ4v) is 2.29. The molecule has 1 unspecified atom stereocenters. The summed E-state index contributed by atoms with van der Waals surface area (Å²) in [6, 6.07) is 7.65. The van der Waals surface area contributed by atoms with Crippen LogP contribution in [-0.2, 0) is 4.79 Å². The smallest absolute Gasteiger partial charge is 0.230 e. The molecule has 1 rings (SSSR count). The summed E-state index contributed by atoms with van der Waals surface area (Å²) in [5.74, 6) is 5.97. The van der Waals surface area contributed by atoms with Gasteiger partial charge in [0.1, 0.15) is 6.61 Å². The summed E-state index contributed by atoms with van der Waals surface area (Å²) in [5.41, 5.74) is 1.90. The molecule has 1 aromatic rings. The molecule has 2 N–H and O–H groups in total. The van der Waals surface area contributed by atoms with Crippen LogP contribution >= 0.6 is 11.8 Å². The van der Waals surface area contributed by atoms with Gasteiger partial charge in [-0.25, -0.2) is 0 Å². The Bertz CT molecular complexity index is 520. The molecule has 0 spiro atoms. The number of hydrogen-bond acceptors (Lipinski definition) is 3. The summed E-state index contributed by atoms with van der Waals surface area (Å²) in [6.45, 7) is 8.12. The molecule has 0 radical (unpaired) electrons. The van der Waals surface area contributed by atoms with Crippen molar-refractivity contribution in [2.24, 2.45) is 0 Å². The third kappa shape index (κ3) is 7.22. The molecule has 114 valence electrons. The molecule has 0 aliphatic carbocycles. The highest BCUT2D eigenvalue weighted by Crippen LogP contribution is 2.23. The summed E-state index contributed by atoms with van der Waals surface area (Å²) >= 11 is 1.64. The monoisotopic (exact) mass is 305 g/mol. The molecule has 0 aliphatic heterocycles. The Kier molecular flexibility index (Phi) is 6.80. The second-order valence-electron chi connectivity index (χ2n) is 5.77. The number of hydrogen-bond donors (Lipinski definition) is 2.